The van der Waals surface area contributed by atoms with Crippen LogP contribution in [0.2, 0.25) is 0 Å². The third-order valence-corrected chi connectivity index (χ3v) is 3.92. The standard InChI is InChI=1S/C18H20N2O2.ClH/c1-22-17-10-2-13(3-11-17)12-20(16-8-9-16)18(21)14-4-6-15(19)7-5-14;/h2-7,10-11,16H,8-9,12,19H2,1H3;1H. The van der Waals surface area contributed by atoms with Crippen LogP contribution in [0.1, 0.15) is 28.8 Å². The van der Waals surface area contributed by atoms with E-state index in [4.69, 9.17) is 10.5 Å². The lowest BCUT2D eigenvalue weighted by Gasteiger charge is -2.23. The van der Waals surface area contributed by atoms with Gasteiger partial charge in [-0.05, 0) is 54.8 Å². The second-order valence-corrected chi connectivity index (χ2v) is 5.63. The van der Waals surface area contributed by atoms with Crippen LogP contribution in [0.3, 0.4) is 0 Å². The summed E-state index contributed by atoms with van der Waals surface area (Å²) in [5.74, 6) is 0.893. The lowest BCUT2D eigenvalue weighted by atomic mass is 10.1. The van der Waals surface area contributed by atoms with Gasteiger partial charge in [0.25, 0.3) is 5.91 Å². The van der Waals surface area contributed by atoms with Crippen LogP contribution in [-0.2, 0) is 6.54 Å². The summed E-state index contributed by atoms with van der Waals surface area (Å²) in [5.41, 5.74) is 8.16. The van der Waals surface area contributed by atoms with Gasteiger partial charge in [-0.2, -0.15) is 0 Å². The first-order chi connectivity index (χ1) is 10.7. The number of carbonyl (C=O) groups is 1. The van der Waals surface area contributed by atoms with Crippen molar-refractivity contribution in [3.8, 4) is 5.75 Å². The summed E-state index contributed by atoms with van der Waals surface area (Å²) in [6.07, 6.45) is 2.16. The minimum atomic E-state index is 0. The van der Waals surface area contributed by atoms with E-state index in [1.54, 1.807) is 31.4 Å². The van der Waals surface area contributed by atoms with E-state index in [2.05, 4.69) is 0 Å². The van der Waals surface area contributed by atoms with E-state index >= 15 is 0 Å². The third-order valence-electron chi connectivity index (χ3n) is 3.92. The highest BCUT2D eigenvalue weighted by Gasteiger charge is 2.33. The number of amides is 1. The van der Waals surface area contributed by atoms with Gasteiger partial charge in [0.2, 0.25) is 0 Å². The van der Waals surface area contributed by atoms with Crippen LogP contribution >= 0.6 is 12.4 Å². The average molecular weight is 333 g/mol. The molecule has 1 saturated carbocycles. The molecule has 1 aliphatic rings. The van der Waals surface area contributed by atoms with Crippen molar-refractivity contribution in [1.82, 2.24) is 4.90 Å². The van der Waals surface area contributed by atoms with Gasteiger partial charge in [0.1, 0.15) is 5.75 Å². The molecule has 1 aliphatic carbocycles. The number of hydrogen-bond acceptors (Lipinski definition) is 3. The highest BCUT2D eigenvalue weighted by molar-refractivity contribution is 5.94. The number of anilines is 1. The quantitative estimate of drug-likeness (QED) is 0.852. The molecule has 0 radical (unpaired) electrons. The molecule has 2 N–H and O–H groups in total. The number of rotatable bonds is 5. The highest BCUT2D eigenvalue weighted by Crippen LogP contribution is 2.30. The van der Waals surface area contributed by atoms with Crippen molar-refractivity contribution in [2.24, 2.45) is 0 Å². The maximum absolute atomic E-state index is 12.7. The van der Waals surface area contributed by atoms with Gasteiger partial charge in [0.15, 0.2) is 0 Å². The van der Waals surface area contributed by atoms with E-state index in [0.29, 0.717) is 23.8 Å². The number of halogens is 1. The second kappa shape index (κ2) is 7.38. The number of methoxy groups -OCH3 is 1. The van der Waals surface area contributed by atoms with Gasteiger partial charge >= 0.3 is 0 Å². The predicted molar refractivity (Wildman–Crippen MR) is 94.0 cm³/mol. The molecule has 1 fully saturated rings. The van der Waals surface area contributed by atoms with Crippen LogP contribution in [0.5, 0.6) is 5.75 Å². The van der Waals surface area contributed by atoms with Gasteiger partial charge in [0, 0.05) is 23.8 Å². The number of nitrogen functional groups attached to an aromatic ring is 1. The Balaban J connectivity index is 0.00000192. The van der Waals surface area contributed by atoms with E-state index in [1.807, 2.05) is 29.2 Å². The molecule has 0 bridgehead atoms. The Hall–Kier alpha value is -2.20. The number of carbonyl (C=O) groups excluding carboxylic acids is 1. The first kappa shape index (κ1) is 17.2. The molecule has 0 aromatic heterocycles. The smallest absolute Gasteiger partial charge is 0.254 e. The lowest BCUT2D eigenvalue weighted by Crippen LogP contribution is -2.32. The molecular weight excluding hydrogens is 312 g/mol. The molecule has 4 nitrogen and oxygen atoms in total. The number of ether oxygens (including phenoxy) is 1. The third kappa shape index (κ3) is 4.17. The molecule has 0 saturated heterocycles. The Labute approximate surface area is 142 Å². The molecule has 2 aromatic rings. The molecule has 3 rings (SSSR count). The fourth-order valence-electron chi connectivity index (χ4n) is 2.47. The van der Waals surface area contributed by atoms with Crippen molar-refractivity contribution in [2.75, 3.05) is 12.8 Å². The maximum atomic E-state index is 12.7. The van der Waals surface area contributed by atoms with E-state index in [-0.39, 0.29) is 18.3 Å². The van der Waals surface area contributed by atoms with Crippen LogP contribution < -0.4 is 10.5 Å². The summed E-state index contributed by atoms with van der Waals surface area (Å²) in [6, 6.07) is 15.3. The number of nitrogens with zero attached hydrogens (tertiary/aromatic N) is 1. The fourth-order valence-corrected chi connectivity index (χ4v) is 2.47. The Kier molecular flexibility index (Phi) is 5.50. The molecule has 0 atom stereocenters. The van der Waals surface area contributed by atoms with Gasteiger partial charge in [0.05, 0.1) is 7.11 Å². The van der Waals surface area contributed by atoms with Crippen molar-refractivity contribution in [1.29, 1.82) is 0 Å². The molecule has 23 heavy (non-hydrogen) atoms. The van der Waals surface area contributed by atoms with Crippen molar-refractivity contribution in [3.63, 3.8) is 0 Å². The average Bonchev–Trinajstić information content (AvgIpc) is 3.38. The Morgan fingerprint density at radius 1 is 1.13 bits per heavy atom. The Morgan fingerprint density at radius 3 is 2.26 bits per heavy atom. The summed E-state index contributed by atoms with van der Waals surface area (Å²) in [7, 11) is 1.65. The molecule has 0 unspecified atom stereocenters. The zero-order valence-corrected chi connectivity index (χ0v) is 13.9. The van der Waals surface area contributed by atoms with E-state index in [1.165, 1.54) is 0 Å². The maximum Gasteiger partial charge on any atom is 0.254 e. The Morgan fingerprint density at radius 2 is 1.74 bits per heavy atom. The van der Waals surface area contributed by atoms with Crippen LogP contribution in [0.4, 0.5) is 5.69 Å². The van der Waals surface area contributed by atoms with Crippen molar-refractivity contribution < 1.29 is 9.53 Å². The topological polar surface area (TPSA) is 55.6 Å². The number of nitrogens with two attached hydrogens (primary N) is 1. The van der Waals surface area contributed by atoms with Gasteiger partial charge in [-0.3, -0.25) is 4.79 Å². The molecule has 0 spiro atoms. The summed E-state index contributed by atoms with van der Waals surface area (Å²) in [6.45, 7) is 0.623. The summed E-state index contributed by atoms with van der Waals surface area (Å²) in [5, 5.41) is 0. The molecule has 0 aliphatic heterocycles. The minimum Gasteiger partial charge on any atom is -0.497 e. The van der Waals surface area contributed by atoms with Crippen LogP contribution in [0.15, 0.2) is 48.5 Å². The molecule has 122 valence electrons. The Bertz CT molecular complexity index is 652. The molecular formula is C18H21ClN2O2. The second-order valence-electron chi connectivity index (χ2n) is 5.63. The zero-order valence-electron chi connectivity index (χ0n) is 13.1. The van der Waals surface area contributed by atoms with E-state index in [0.717, 1.165) is 24.2 Å². The van der Waals surface area contributed by atoms with Crippen molar-refractivity contribution in [3.05, 3.63) is 59.7 Å². The molecule has 5 heteroatoms. The number of hydrogen-bond donors (Lipinski definition) is 1. The van der Waals surface area contributed by atoms with E-state index < -0.39 is 0 Å². The van der Waals surface area contributed by atoms with Gasteiger partial charge in [-0.15, -0.1) is 12.4 Å². The zero-order chi connectivity index (χ0) is 15.5. The van der Waals surface area contributed by atoms with Gasteiger partial charge < -0.3 is 15.4 Å². The summed E-state index contributed by atoms with van der Waals surface area (Å²) < 4.78 is 5.17. The number of benzene rings is 2. The van der Waals surface area contributed by atoms with Crippen molar-refractivity contribution >= 4 is 24.0 Å². The molecule has 0 heterocycles. The fraction of sp³-hybridized carbons (Fsp3) is 0.278. The first-order valence-electron chi connectivity index (χ1n) is 7.47. The molecule has 1 amide bonds. The summed E-state index contributed by atoms with van der Waals surface area (Å²) in [4.78, 5) is 14.7. The van der Waals surface area contributed by atoms with Crippen LogP contribution in [-0.4, -0.2) is 24.0 Å². The van der Waals surface area contributed by atoms with Crippen LogP contribution in [0, 0.1) is 0 Å². The summed E-state index contributed by atoms with van der Waals surface area (Å²) >= 11 is 0. The molecule has 2 aromatic carbocycles. The normalized spacial score (nSPS) is 13.1. The van der Waals surface area contributed by atoms with Crippen LogP contribution in [0.25, 0.3) is 0 Å². The van der Waals surface area contributed by atoms with Crippen molar-refractivity contribution in [2.45, 2.75) is 25.4 Å². The SMILES string of the molecule is COc1ccc(CN(C(=O)c2ccc(N)cc2)C2CC2)cc1.Cl. The highest BCUT2D eigenvalue weighted by atomic mass is 35.5. The lowest BCUT2D eigenvalue weighted by molar-refractivity contribution is 0.0730. The first-order valence-corrected chi connectivity index (χ1v) is 7.47. The van der Waals surface area contributed by atoms with E-state index in [9.17, 15) is 4.79 Å². The largest absolute Gasteiger partial charge is 0.497 e. The monoisotopic (exact) mass is 332 g/mol. The predicted octanol–water partition coefficient (Wildman–Crippen LogP) is 3.50. The minimum absolute atomic E-state index is 0. The van der Waals surface area contributed by atoms with Gasteiger partial charge in [-0.25, -0.2) is 0 Å². The van der Waals surface area contributed by atoms with Gasteiger partial charge in [-0.1, -0.05) is 12.1 Å².